The molecule has 2 atom stereocenters. The largest absolute Gasteiger partial charge is 0.377 e. The molecule has 0 radical (unpaired) electrons. The van der Waals surface area contributed by atoms with Gasteiger partial charge in [0, 0.05) is 19.6 Å². The molecule has 3 rings (SSSR count). The van der Waals surface area contributed by atoms with Crippen LogP contribution in [0.2, 0.25) is 0 Å². The molecule has 0 spiro atoms. The molecule has 16 heavy (non-hydrogen) atoms. The molecular formula is C11H18N4O. The predicted octanol–water partition coefficient (Wildman–Crippen LogP) is 0.664. The Hall–Kier alpha value is -0.940. The maximum Gasteiger partial charge on any atom is 0.155 e. The van der Waals surface area contributed by atoms with Crippen LogP contribution in [0.3, 0.4) is 0 Å². The molecule has 88 valence electrons. The predicted molar refractivity (Wildman–Crippen MR) is 58.9 cm³/mol. The zero-order valence-electron chi connectivity index (χ0n) is 9.57. The minimum atomic E-state index is 0.495. The van der Waals surface area contributed by atoms with Gasteiger partial charge in [0.2, 0.25) is 0 Å². The van der Waals surface area contributed by atoms with Crippen molar-refractivity contribution in [2.24, 2.45) is 11.8 Å². The van der Waals surface area contributed by atoms with Gasteiger partial charge in [0.1, 0.15) is 6.61 Å². The number of hydrogen-bond acceptors (Lipinski definition) is 4. The van der Waals surface area contributed by atoms with Gasteiger partial charge in [-0.1, -0.05) is 0 Å². The van der Waals surface area contributed by atoms with Gasteiger partial charge in [0.25, 0.3) is 0 Å². The highest BCUT2D eigenvalue weighted by atomic mass is 16.5. The van der Waals surface area contributed by atoms with Gasteiger partial charge in [-0.25, -0.2) is 4.98 Å². The summed E-state index contributed by atoms with van der Waals surface area (Å²) >= 11 is 0. The molecule has 2 fully saturated rings. The summed E-state index contributed by atoms with van der Waals surface area (Å²) in [6.07, 6.45) is 2.77. The molecule has 1 aliphatic heterocycles. The van der Waals surface area contributed by atoms with Crippen molar-refractivity contribution >= 4 is 0 Å². The van der Waals surface area contributed by atoms with E-state index in [-0.39, 0.29) is 0 Å². The number of nitrogens with zero attached hydrogens (tertiary/aromatic N) is 2. The second kappa shape index (κ2) is 4.14. The molecular weight excluding hydrogens is 204 g/mol. The quantitative estimate of drug-likeness (QED) is 0.785. The van der Waals surface area contributed by atoms with Crippen molar-refractivity contribution in [2.45, 2.75) is 25.4 Å². The Morgan fingerprint density at radius 2 is 2.25 bits per heavy atom. The standard InChI is InChI=1S/C11H18N4O/c1-16-6-10-13-11(15-14-10)9-5-12-4-8(9)7-2-3-7/h7-9,12H,2-6H2,1H3,(H,13,14,15)/t8-,9+/m1/s1. The lowest BCUT2D eigenvalue weighted by molar-refractivity contribution is 0.178. The van der Waals surface area contributed by atoms with E-state index in [1.54, 1.807) is 7.11 Å². The van der Waals surface area contributed by atoms with Crippen LogP contribution in [0.1, 0.15) is 30.4 Å². The molecule has 2 aliphatic rings. The van der Waals surface area contributed by atoms with Crippen LogP contribution in [0, 0.1) is 11.8 Å². The third-order valence-electron chi connectivity index (χ3n) is 3.65. The van der Waals surface area contributed by atoms with Crippen LogP contribution in [0.5, 0.6) is 0 Å². The Morgan fingerprint density at radius 3 is 3.00 bits per heavy atom. The average molecular weight is 222 g/mol. The lowest BCUT2D eigenvalue weighted by Crippen LogP contribution is -2.14. The first kappa shape index (κ1) is 10.2. The Kier molecular flexibility index (Phi) is 2.65. The molecule has 5 nitrogen and oxygen atoms in total. The zero-order chi connectivity index (χ0) is 11.0. The van der Waals surface area contributed by atoms with Crippen molar-refractivity contribution in [3.05, 3.63) is 11.6 Å². The van der Waals surface area contributed by atoms with Crippen molar-refractivity contribution in [1.82, 2.24) is 20.5 Å². The van der Waals surface area contributed by atoms with Gasteiger partial charge in [0.15, 0.2) is 11.6 Å². The average Bonchev–Trinajstić information content (AvgIpc) is 2.84. The summed E-state index contributed by atoms with van der Waals surface area (Å²) in [6, 6.07) is 0. The van der Waals surface area contributed by atoms with Gasteiger partial charge in [-0.3, -0.25) is 5.10 Å². The minimum absolute atomic E-state index is 0.495. The van der Waals surface area contributed by atoms with E-state index in [9.17, 15) is 0 Å². The lowest BCUT2D eigenvalue weighted by Gasteiger charge is -2.13. The lowest BCUT2D eigenvalue weighted by atomic mass is 9.91. The summed E-state index contributed by atoms with van der Waals surface area (Å²) in [6.45, 7) is 2.66. The molecule has 1 aromatic rings. The van der Waals surface area contributed by atoms with Crippen LogP contribution < -0.4 is 5.32 Å². The van der Waals surface area contributed by atoms with Crippen LogP contribution in [0.25, 0.3) is 0 Å². The highest BCUT2D eigenvalue weighted by Crippen LogP contribution is 2.44. The topological polar surface area (TPSA) is 62.8 Å². The Morgan fingerprint density at radius 1 is 1.38 bits per heavy atom. The summed E-state index contributed by atoms with van der Waals surface area (Å²) < 4.78 is 5.04. The zero-order valence-corrected chi connectivity index (χ0v) is 9.57. The van der Waals surface area contributed by atoms with Gasteiger partial charge in [0.05, 0.1) is 0 Å². The van der Waals surface area contributed by atoms with Crippen molar-refractivity contribution in [3.63, 3.8) is 0 Å². The van der Waals surface area contributed by atoms with Crippen molar-refractivity contribution in [3.8, 4) is 0 Å². The fraction of sp³-hybridized carbons (Fsp3) is 0.818. The van der Waals surface area contributed by atoms with Crippen LogP contribution >= 0.6 is 0 Å². The SMILES string of the molecule is COCc1nc([C@H]2CNC[C@@H]2C2CC2)n[nH]1. The van der Waals surface area contributed by atoms with Gasteiger partial charge in [-0.15, -0.1) is 0 Å². The van der Waals surface area contributed by atoms with Gasteiger partial charge in [-0.05, 0) is 31.2 Å². The molecule has 2 N–H and O–H groups in total. The van der Waals surface area contributed by atoms with Gasteiger partial charge >= 0.3 is 0 Å². The van der Waals surface area contributed by atoms with E-state index >= 15 is 0 Å². The molecule has 5 heteroatoms. The molecule has 1 saturated heterocycles. The number of ether oxygens (including phenoxy) is 1. The highest BCUT2D eigenvalue weighted by Gasteiger charge is 2.41. The van der Waals surface area contributed by atoms with E-state index in [4.69, 9.17) is 4.74 Å². The van der Waals surface area contributed by atoms with E-state index in [1.807, 2.05) is 0 Å². The maximum atomic E-state index is 5.04. The molecule has 0 unspecified atom stereocenters. The third-order valence-corrected chi connectivity index (χ3v) is 3.65. The third kappa shape index (κ3) is 1.85. The summed E-state index contributed by atoms with van der Waals surface area (Å²) in [4.78, 5) is 4.51. The molecule has 0 aromatic carbocycles. The van der Waals surface area contributed by atoms with E-state index in [1.165, 1.54) is 12.8 Å². The first-order chi connectivity index (χ1) is 7.88. The van der Waals surface area contributed by atoms with Crippen molar-refractivity contribution in [2.75, 3.05) is 20.2 Å². The summed E-state index contributed by atoms with van der Waals surface area (Å²) in [5.74, 6) is 3.94. The smallest absolute Gasteiger partial charge is 0.155 e. The number of aromatic amines is 1. The van der Waals surface area contributed by atoms with Crippen molar-refractivity contribution < 1.29 is 4.74 Å². The van der Waals surface area contributed by atoms with E-state index in [2.05, 4.69) is 20.5 Å². The second-order valence-corrected chi connectivity index (χ2v) is 4.84. The number of H-pyrrole nitrogens is 1. The van der Waals surface area contributed by atoms with Crippen LogP contribution in [0.15, 0.2) is 0 Å². The van der Waals surface area contributed by atoms with Crippen LogP contribution in [-0.2, 0) is 11.3 Å². The first-order valence-corrected chi connectivity index (χ1v) is 5.99. The van der Waals surface area contributed by atoms with Crippen molar-refractivity contribution in [1.29, 1.82) is 0 Å². The fourth-order valence-corrected chi connectivity index (χ4v) is 2.68. The van der Waals surface area contributed by atoms with E-state index in [0.717, 1.165) is 36.6 Å². The van der Waals surface area contributed by atoms with Gasteiger partial charge < -0.3 is 10.1 Å². The van der Waals surface area contributed by atoms with E-state index in [0.29, 0.717) is 12.5 Å². The second-order valence-electron chi connectivity index (χ2n) is 4.84. The minimum Gasteiger partial charge on any atom is -0.377 e. The first-order valence-electron chi connectivity index (χ1n) is 5.99. The fourth-order valence-electron chi connectivity index (χ4n) is 2.68. The highest BCUT2D eigenvalue weighted by molar-refractivity contribution is 5.07. The number of rotatable bonds is 4. The number of hydrogen-bond donors (Lipinski definition) is 2. The molecule has 2 heterocycles. The molecule has 1 aromatic heterocycles. The number of methoxy groups -OCH3 is 1. The summed E-state index contributed by atoms with van der Waals surface area (Å²) in [7, 11) is 1.67. The number of aromatic nitrogens is 3. The molecule has 1 saturated carbocycles. The molecule has 1 aliphatic carbocycles. The van der Waals surface area contributed by atoms with E-state index < -0.39 is 0 Å². The normalized spacial score (nSPS) is 29.8. The molecule has 0 bridgehead atoms. The number of nitrogens with one attached hydrogen (secondary N) is 2. The molecule has 0 amide bonds. The van der Waals surface area contributed by atoms with Crippen LogP contribution in [-0.4, -0.2) is 35.4 Å². The summed E-state index contributed by atoms with van der Waals surface area (Å²) in [5, 5.41) is 10.7. The Labute approximate surface area is 95.0 Å². The summed E-state index contributed by atoms with van der Waals surface area (Å²) in [5.41, 5.74) is 0. The van der Waals surface area contributed by atoms with Crippen LogP contribution in [0.4, 0.5) is 0 Å². The Balaban J connectivity index is 1.74. The maximum absolute atomic E-state index is 5.04. The Bertz CT molecular complexity index is 361. The van der Waals surface area contributed by atoms with Gasteiger partial charge in [-0.2, -0.15) is 5.10 Å². The monoisotopic (exact) mass is 222 g/mol.